The first-order valence-electron chi connectivity index (χ1n) is 5.47. The smallest absolute Gasteiger partial charge is 0.399 e. The second kappa shape index (κ2) is 7.26. The number of hydrogen-bond acceptors (Lipinski definition) is 2. The number of ether oxygens (including phenoxy) is 1. The standard InChI is InChI=1S/C13H8Cl3F3O2/c1-2-3-10(21-11(20)6-13(17,18)19)8-4-7(14)5-9(15)12(8)16/h4-5,10H,6H2,1H3. The predicted octanol–water partition coefficient (Wildman–Crippen LogP) is 5.21. The second-order valence-electron chi connectivity index (χ2n) is 3.85. The van der Waals surface area contributed by atoms with Crippen molar-refractivity contribution in [1.29, 1.82) is 0 Å². The number of benzene rings is 1. The van der Waals surface area contributed by atoms with Gasteiger partial charge in [0.05, 0.1) is 10.0 Å². The third-order valence-corrected chi connectivity index (χ3v) is 3.21. The van der Waals surface area contributed by atoms with Gasteiger partial charge in [0.1, 0.15) is 6.42 Å². The summed E-state index contributed by atoms with van der Waals surface area (Å²) < 4.78 is 41.2. The van der Waals surface area contributed by atoms with Gasteiger partial charge in [0, 0.05) is 10.6 Å². The maximum Gasteiger partial charge on any atom is 0.399 e. The van der Waals surface area contributed by atoms with E-state index in [9.17, 15) is 18.0 Å². The first-order chi connectivity index (χ1) is 9.64. The molecule has 0 spiro atoms. The average molecular weight is 360 g/mol. The lowest BCUT2D eigenvalue weighted by atomic mass is 10.1. The number of hydrogen-bond donors (Lipinski definition) is 0. The molecule has 21 heavy (non-hydrogen) atoms. The zero-order chi connectivity index (χ0) is 16.2. The maximum atomic E-state index is 12.1. The number of carbonyl (C=O) groups is 1. The Labute approximate surface area is 134 Å². The molecule has 1 atom stereocenters. The highest BCUT2D eigenvalue weighted by molar-refractivity contribution is 6.43. The van der Waals surface area contributed by atoms with Gasteiger partial charge < -0.3 is 4.74 Å². The minimum Gasteiger partial charge on any atom is -0.444 e. The molecule has 0 radical (unpaired) electrons. The molecule has 8 heteroatoms. The summed E-state index contributed by atoms with van der Waals surface area (Å²) in [5, 5.41) is 0.275. The molecule has 1 rings (SSSR count). The molecule has 1 aromatic carbocycles. The van der Waals surface area contributed by atoms with E-state index < -0.39 is 24.7 Å². The van der Waals surface area contributed by atoms with Crippen LogP contribution in [0, 0.1) is 11.8 Å². The molecule has 0 fully saturated rings. The van der Waals surface area contributed by atoms with Crippen molar-refractivity contribution in [3.8, 4) is 11.8 Å². The van der Waals surface area contributed by atoms with Crippen LogP contribution in [-0.4, -0.2) is 12.1 Å². The van der Waals surface area contributed by atoms with Crippen LogP contribution in [0.5, 0.6) is 0 Å². The van der Waals surface area contributed by atoms with Gasteiger partial charge in [-0.1, -0.05) is 40.7 Å². The molecule has 2 nitrogen and oxygen atoms in total. The highest BCUT2D eigenvalue weighted by Crippen LogP contribution is 2.35. The first kappa shape index (κ1) is 18.0. The lowest BCUT2D eigenvalue weighted by Gasteiger charge is -2.16. The van der Waals surface area contributed by atoms with Crippen LogP contribution in [0.4, 0.5) is 13.2 Å². The van der Waals surface area contributed by atoms with Crippen LogP contribution < -0.4 is 0 Å². The average Bonchev–Trinajstić information content (AvgIpc) is 2.31. The van der Waals surface area contributed by atoms with Gasteiger partial charge in [0.25, 0.3) is 0 Å². The van der Waals surface area contributed by atoms with E-state index in [1.165, 1.54) is 19.1 Å². The molecule has 0 heterocycles. The van der Waals surface area contributed by atoms with Gasteiger partial charge in [0.15, 0.2) is 6.10 Å². The number of esters is 1. The summed E-state index contributed by atoms with van der Waals surface area (Å²) in [4.78, 5) is 11.3. The minimum atomic E-state index is -4.67. The second-order valence-corrected chi connectivity index (χ2v) is 5.07. The monoisotopic (exact) mass is 358 g/mol. The van der Waals surface area contributed by atoms with Crippen molar-refractivity contribution in [2.45, 2.75) is 25.6 Å². The summed E-state index contributed by atoms with van der Waals surface area (Å²) in [6.07, 6.45) is -7.67. The first-order valence-corrected chi connectivity index (χ1v) is 6.60. The Bertz CT molecular complexity index is 603. The Hall–Kier alpha value is -1.09. The normalized spacial score (nSPS) is 12.3. The zero-order valence-corrected chi connectivity index (χ0v) is 12.8. The van der Waals surface area contributed by atoms with E-state index in [0.29, 0.717) is 0 Å². The summed E-state index contributed by atoms with van der Waals surface area (Å²) in [5.41, 5.74) is 0.124. The molecule has 0 aromatic heterocycles. The fourth-order valence-corrected chi connectivity index (χ4v) is 2.12. The summed E-state index contributed by atoms with van der Waals surface area (Å²) in [7, 11) is 0. The molecule has 1 aromatic rings. The van der Waals surface area contributed by atoms with Crippen LogP contribution in [0.1, 0.15) is 25.0 Å². The number of rotatable bonds is 3. The molecule has 0 saturated carbocycles. The fraction of sp³-hybridized carbons (Fsp3) is 0.308. The van der Waals surface area contributed by atoms with Gasteiger partial charge in [-0.3, -0.25) is 4.79 Å². The van der Waals surface area contributed by atoms with E-state index in [1.54, 1.807) is 0 Å². The van der Waals surface area contributed by atoms with E-state index in [4.69, 9.17) is 39.5 Å². The molecule has 0 amide bonds. The van der Waals surface area contributed by atoms with Crippen molar-refractivity contribution in [3.05, 3.63) is 32.8 Å². The third-order valence-electron chi connectivity index (χ3n) is 2.17. The van der Waals surface area contributed by atoms with Gasteiger partial charge in [-0.25, -0.2) is 0 Å². The Balaban J connectivity index is 3.08. The van der Waals surface area contributed by atoms with E-state index in [0.717, 1.165) is 0 Å². The van der Waals surface area contributed by atoms with Crippen LogP contribution in [0.25, 0.3) is 0 Å². The van der Waals surface area contributed by atoms with Crippen molar-refractivity contribution >= 4 is 40.8 Å². The summed E-state index contributed by atoms with van der Waals surface area (Å²) >= 11 is 17.6. The molecule has 1 unspecified atom stereocenters. The highest BCUT2D eigenvalue weighted by Gasteiger charge is 2.33. The number of halogens is 6. The number of carbonyl (C=O) groups excluding carboxylic acids is 1. The molecule has 0 N–H and O–H groups in total. The summed E-state index contributed by atoms with van der Waals surface area (Å²) in [6.45, 7) is 1.44. The Morgan fingerprint density at radius 1 is 1.33 bits per heavy atom. The Kier molecular flexibility index (Phi) is 6.21. The summed E-state index contributed by atoms with van der Waals surface area (Å²) in [6, 6.07) is 2.68. The van der Waals surface area contributed by atoms with Crippen molar-refractivity contribution < 1.29 is 22.7 Å². The van der Waals surface area contributed by atoms with Crippen molar-refractivity contribution in [3.63, 3.8) is 0 Å². The van der Waals surface area contributed by atoms with Crippen LogP contribution >= 0.6 is 34.8 Å². The van der Waals surface area contributed by atoms with Crippen molar-refractivity contribution in [1.82, 2.24) is 0 Å². The van der Waals surface area contributed by atoms with Gasteiger partial charge in [0.2, 0.25) is 0 Å². The van der Waals surface area contributed by atoms with Crippen LogP contribution in [-0.2, 0) is 9.53 Å². The zero-order valence-electron chi connectivity index (χ0n) is 10.5. The Morgan fingerprint density at radius 2 is 1.95 bits per heavy atom. The Morgan fingerprint density at radius 3 is 2.48 bits per heavy atom. The fourth-order valence-electron chi connectivity index (χ4n) is 1.41. The molecular weight excluding hydrogens is 351 g/mol. The van der Waals surface area contributed by atoms with Crippen LogP contribution in [0.2, 0.25) is 15.1 Å². The topological polar surface area (TPSA) is 26.3 Å². The molecule has 0 saturated heterocycles. The predicted molar refractivity (Wildman–Crippen MR) is 74.4 cm³/mol. The van der Waals surface area contributed by atoms with E-state index in [2.05, 4.69) is 11.8 Å². The maximum absolute atomic E-state index is 12.1. The molecular formula is C13H8Cl3F3O2. The van der Waals surface area contributed by atoms with Crippen LogP contribution in [0.15, 0.2) is 12.1 Å². The van der Waals surface area contributed by atoms with E-state index in [1.807, 2.05) is 0 Å². The highest BCUT2D eigenvalue weighted by atomic mass is 35.5. The van der Waals surface area contributed by atoms with Gasteiger partial charge in [-0.2, -0.15) is 13.2 Å². The molecule has 0 bridgehead atoms. The quantitative estimate of drug-likeness (QED) is 0.421. The lowest BCUT2D eigenvalue weighted by molar-refractivity contribution is -0.173. The molecule has 0 aliphatic heterocycles. The van der Waals surface area contributed by atoms with E-state index >= 15 is 0 Å². The van der Waals surface area contributed by atoms with Crippen molar-refractivity contribution in [2.75, 3.05) is 0 Å². The van der Waals surface area contributed by atoms with Crippen molar-refractivity contribution in [2.24, 2.45) is 0 Å². The lowest BCUT2D eigenvalue weighted by Crippen LogP contribution is -2.19. The molecule has 114 valence electrons. The van der Waals surface area contributed by atoms with E-state index in [-0.39, 0.29) is 20.6 Å². The SMILES string of the molecule is CC#CC(OC(=O)CC(F)(F)F)c1cc(Cl)cc(Cl)c1Cl. The van der Waals surface area contributed by atoms with Crippen LogP contribution in [0.3, 0.4) is 0 Å². The number of alkyl halides is 3. The molecule has 0 aliphatic rings. The largest absolute Gasteiger partial charge is 0.444 e. The van der Waals surface area contributed by atoms with Gasteiger partial charge >= 0.3 is 12.1 Å². The van der Waals surface area contributed by atoms with Gasteiger partial charge in [-0.05, 0) is 19.1 Å². The van der Waals surface area contributed by atoms with Gasteiger partial charge in [-0.15, -0.1) is 5.92 Å². The third kappa shape index (κ3) is 5.66. The summed E-state index contributed by atoms with van der Waals surface area (Å²) in [5.74, 6) is 3.43. The minimum absolute atomic E-state index is 0.00799. The molecule has 0 aliphatic carbocycles.